The van der Waals surface area contributed by atoms with E-state index < -0.39 is 0 Å². The molecule has 4 nitrogen and oxygen atoms in total. The van der Waals surface area contributed by atoms with Gasteiger partial charge in [-0.2, -0.15) is 0 Å². The number of hydrogen-bond acceptors (Lipinski definition) is 4. The van der Waals surface area contributed by atoms with Crippen molar-refractivity contribution in [1.82, 2.24) is 9.97 Å². The third kappa shape index (κ3) is 1.94. The second-order valence-electron chi connectivity index (χ2n) is 5.37. The van der Waals surface area contributed by atoms with Gasteiger partial charge in [-0.05, 0) is 39.0 Å². The van der Waals surface area contributed by atoms with E-state index in [9.17, 15) is 4.79 Å². The topological polar surface area (TPSA) is 52.1 Å². The van der Waals surface area contributed by atoms with Crippen molar-refractivity contribution in [1.29, 1.82) is 0 Å². The number of Topliss-reactive ketones (excluding diaryl/α,β-unsaturated/α-hetero) is 1. The molecular weight excluding hydrogens is 228 g/mol. The molecule has 1 aliphatic carbocycles. The molecule has 1 aromatic heterocycles. The van der Waals surface area contributed by atoms with Crippen molar-refractivity contribution >= 4 is 5.78 Å². The Hall–Kier alpha value is -1.29. The Balaban J connectivity index is 1.96. The highest BCUT2D eigenvalue weighted by Gasteiger charge is 2.34. The molecule has 1 aromatic rings. The zero-order chi connectivity index (χ0) is 12.6. The minimum atomic E-state index is -0.367. The number of ether oxygens (including phenoxy) is 1. The minimum Gasteiger partial charge on any atom is -0.367 e. The summed E-state index contributed by atoms with van der Waals surface area (Å²) >= 11 is 0. The van der Waals surface area contributed by atoms with Gasteiger partial charge in [-0.25, -0.2) is 9.97 Å². The maximum absolute atomic E-state index is 11.7. The molecule has 1 unspecified atom stereocenters. The summed E-state index contributed by atoms with van der Waals surface area (Å²) in [7, 11) is 0. The number of fused-ring (bicyclic) bond motifs is 1. The molecule has 0 radical (unpaired) electrons. The normalized spacial score (nSPS) is 27.9. The third-order valence-electron chi connectivity index (χ3n) is 3.93. The van der Waals surface area contributed by atoms with Gasteiger partial charge in [0.2, 0.25) is 0 Å². The number of carbonyl (C=O) groups excluding carboxylic acids is 1. The van der Waals surface area contributed by atoms with Crippen molar-refractivity contribution in [3.63, 3.8) is 0 Å². The van der Waals surface area contributed by atoms with Crippen LogP contribution in [0.15, 0.2) is 6.20 Å². The molecular formula is C14H18N2O2. The second-order valence-corrected chi connectivity index (χ2v) is 5.37. The number of nitrogens with zero attached hydrogens (tertiary/aromatic N) is 2. The van der Waals surface area contributed by atoms with Crippen LogP contribution in [0.3, 0.4) is 0 Å². The Bertz CT molecular complexity index is 479. The van der Waals surface area contributed by atoms with Gasteiger partial charge in [-0.15, -0.1) is 0 Å². The molecule has 4 heteroatoms. The SMILES string of the molecule is CC1(c2ncc3c(n2)CCCC3=O)CCCCO1. The van der Waals surface area contributed by atoms with E-state index in [1.165, 1.54) is 0 Å². The summed E-state index contributed by atoms with van der Waals surface area (Å²) in [5.74, 6) is 0.924. The van der Waals surface area contributed by atoms with Crippen molar-refractivity contribution in [2.75, 3.05) is 6.61 Å². The molecule has 1 saturated heterocycles. The minimum absolute atomic E-state index is 0.178. The van der Waals surface area contributed by atoms with E-state index in [1.54, 1.807) is 6.20 Å². The smallest absolute Gasteiger partial charge is 0.166 e. The number of carbonyl (C=O) groups is 1. The van der Waals surface area contributed by atoms with E-state index in [0.29, 0.717) is 12.0 Å². The number of ketones is 1. The van der Waals surface area contributed by atoms with Crippen LogP contribution in [0.4, 0.5) is 0 Å². The molecule has 96 valence electrons. The molecule has 0 bridgehead atoms. The molecule has 0 N–H and O–H groups in total. The van der Waals surface area contributed by atoms with E-state index >= 15 is 0 Å². The fraction of sp³-hybridized carbons (Fsp3) is 0.643. The van der Waals surface area contributed by atoms with Gasteiger partial charge in [-0.3, -0.25) is 4.79 Å². The summed E-state index contributed by atoms with van der Waals surface area (Å²) in [6.07, 6.45) is 7.33. The molecule has 0 spiro atoms. The zero-order valence-electron chi connectivity index (χ0n) is 10.7. The Kier molecular flexibility index (Phi) is 2.90. The Labute approximate surface area is 107 Å². The van der Waals surface area contributed by atoms with Gasteiger partial charge < -0.3 is 4.74 Å². The predicted octanol–water partition coefficient (Wildman–Crippen LogP) is 2.41. The lowest BCUT2D eigenvalue weighted by molar-refractivity contribution is -0.0762. The van der Waals surface area contributed by atoms with Crippen LogP contribution in [0.5, 0.6) is 0 Å². The van der Waals surface area contributed by atoms with Crippen molar-refractivity contribution < 1.29 is 9.53 Å². The first kappa shape index (κ1) is 11.8. The van der Waals surface area contributed by atoms with Gasteiger partial charge in [0.25, 0.3) is 0 Å². The van der Waals surface area contributed by atoms with Crippen LogP contribution in [0.1, 0.15) is 60.9 Å². The first-order valence-corrected chi connectivity index (χ1v) is 6.73. The van der Waals surface area contributed by atoms with Crippen LogP contribution in [-0.4, -0.2) is 22.4 Å². The van der Waals surface area contributed by atoms with Crippen LogP contribution in [-0.2, 0) is 16.8 Å². The zero-order valence-corrected chi connectivity index (χ0v) is 10.7. The maximum atomic E-state index is 11.7. The summed E-state index contributed by atoms with van der Waals surface area (Å²) in [4.78, 5) is 20.7. The maximum Gasteiger partial charge on any atom is 0.166 e. The van der Waals surface area contributed by atoms with Crippen LogP contribution >= 0.6 is 0 Å². The van der Waals surface area contributed by atoms with Crippen LogP contribution in [0, 0.1) is 0 Å². The third-order valence-corrected chi connectivity index (χ3v) is 3.93. The Morgan fingerprint density at radius 2 is 2.17 bits per heavy atom. The molecule has 2 aliphatic rings. The van der Waals surface area contributed by atoms with Crippen LogP contribution in [0.25, 0.3) is 0 Å². The Morgan fingerprint density at radius 3 is 2.94 bits per heavy atom. The molecule has 0 amide bonds. The fourth-order valence-corrected chi connectivity index (χ4v) is 2.76. The number of aromatic nitrogens is 2. The van der Waals surface area contributed by atoms with E-state index in [1.807, 2.05) is 0 Å². The molecule has 1 atom stereocenters. The first-order chi connectivity index (χ1) is 8.69. The van der Waals surface area contributed by atoms with Gasteiger partial charge in [0, 0.05) is 19.2 Å². The van der Waals surface area contributed by atoms with Crippen molar-refractivity contribution in [3.05, 3.63) is 23.3 Å². The highest BCUT2D eigenvalue weighted by atomic mass is 16.5. The Morgan fingerprint density at radius 1 is 1.28 bits per heavy atom. The van der Waals surface area contributed by atoms with E-state index in [0.717, 1.165) is 50.2 Å². The highest BCUT2D eigenvalue weighted by Crippen LogP contribution is 2.33. The number of rotatable bonds is 1. The van der Waals surface area contributed by atoms with Gasteiger partial charge in [-0.1, -0.05) is 0 Å². The predicted molar refractivity (Wildman–Crippen MR) is 66.5 cm³/mol. The molecule has 0 saturated carbocycles. The van der Waals surface area contributed by atoms with Crippen molar-refractivity contribution in [2.45, 2.75) is 51.0 Å². The van der Waals surface area contributed by atoms with E-state index in [4.69, 9.17) is 4.74 Å². The summed E-state index contributed by atoms with van der Waals surface area (Å²) in [5.41, 5.74) is 1.25. The number of hydrogen-bond donors (Lipinski definition) is 0. The molecule has 18 heavy (non-hydrogen) atoms. The van der Waals surface area contributed by atoms with Crippen LogP contribution in [0.2, 0.25) is 0 Å². The van der Waals surface area contributed by atoms with Gasteiger partial charge in [0.1, 0.15) is 5.60 Å². The lowest BCUT2D eigenvalue weighted by Gasteiger charge is -2.32. The van der Waals surface area contributed by atoms with Gasteiger partial charge in [0.15, 0.2) is 11.6 Å². The standard InChI is InChI=1S/C14H18N2O2/c1-14(7-2-3-8-18-14)13-15-9-10-11(16-13)5-4-6-12(10)17/h9H,2-8H2,1H3. The summed E-state index contributed by atoms with van der Waals surface area (Å²) in [5, 5.41) is 0. The lowest BCUT2D eigenvalue weighted by atomic mass is 9.92. The largest absolute Gasteiger partial charge is 0.367 e. The average molecular weight is 246 g/mol. The quantitative estimate of drug-likeness (QED) is 0.763. The van der Waals surface area contributed by atoms with Crippen molar-refractivity contribution in [2.24, 2.45) is 0 Å². The summed E-state index contributed by atoms with van der Waals surface area (Å²) in [6.45, 7) is 2.83. The van der Waals surface area contributed by atoms with E-state index in [-0.39, 0.29) is 11.4 Å². The highest BCUT2D eigenvalue weighted by molar-refractivity contribution is 5.97. The van der Waals surface area contributed by atoms with Crippen LogP contribution < -0.4 is 0 Å². The van der Waals surface area contributed by atoms with Crippen molar-refractivity contribution in [3.8, 4) is 0 Å². The number of aryl methyl sites for hydroxylation is 1. The lowest BCUT2D eigenvalue weighted by Crippen LogP contribution is -2.33. The first-order valence-electron chi connectivity index (χ1n) is 6.73. The molecule has 0 aromatic carbocycles. The molecule has 1 aliphatic heterocycles. The average Bonchev–Trinajstić information content (AvgIpc) is 2.39. The summed E-state index contributed by atoms with van der Waals surface area (Å²) < 4.78 is 5.86. The van der Waals surface area contributed by atoms with Gasteiger partial charge >= 0.3 is 0 Å². The van der Waals surface area contributed by atoms with Gasteiger partial charge in [0.05, 0.1) is 11.3 Å². The fourth-order valence-electron chi connectivity index (χ4n) is 2.76. The molecule has 1 fully saturated rings. The summed E-state index contributed by atoms with van der Waals surface area (Å²) in [6, 6.07) is 0. The monoisotopic (exact) mass is 246 g/mol. The molecule has 3 rings (SSSR count). The van der Waals surface area contributed by atoms with E-state index in [2.05, 4.69) is 16.9 Å². The molecule has 2 heterocycles. The second kappa shape index (κ2) is 4.43.